The zero-order chi connectivity index (χ0) is 19.9. The third-order valence-electron chi connectivity index (χ3n) is 4.09. The molecule has 1 atom stereocenters. The Morgan fingerprint density at radius 3 is 2.11 bits per heavy atom. The van der Waals surface area contributed by atoms with Crippen molar-refractivity contribution in [3.05, 3.63) is 78.4 Å². The summed E-state index contributed by atoms with van der Waals surface area (Å²) in [7, 11) is 3.15. The minimum atomic E-state index is -0.429. The lowest BCUT2D eigenvalue weighted by molar-refractivity contribution is -0.115. The first-order valence-electron chi connectivity index (χ1n) is 8.70. The van der Waals surface area contributed by atoms with Gasteiger partial charge in [0.1, 0.15) is 16.7 Å². The Morgan fingerprint density at radius 2 is 1.54 bits per heavy atom. The Labute approximate surface area is 168 Å². The van der Waals surface area contributed by atoms with Gasteiger partial charge in [-0.25, -0.2) is 0 Å². The third kappa shape index (κ3) is 4.98. The van der Waals surface area contributed by atoms with Crippen LogP contribution in [0.3, 0.4) is 0 Å². The highest BCUT2D eigenvalue weighted by Gasteiger charge is 2.22. The average Bonchev–Trinajstić information content (AvgIpc) is 2.73. The van der Waals surface area contributed by atoms with E-state index in [2.05, 4.69) is 5.32 Å². The lowest BCUT2D eigenvalue weighted by atomic mass is 10.1. The first-order chi connectivity index (χ1) is 13.6. The number of hydrogen-bond donors (Lipinski definition) is 2. The normalized spacial score (nSPS) is 11.5. The molecule has 6 heteroatoms. The molecule has 0 aliphatic heterocycles. The molecule has 0 aliphatic carbocycles. The van der Waals surface area contributed by atoms with Crippen LogP contribution in [-0.4, -0.2) is 20.1 Å². The fraction of sp³-hybridized carbons (Fsp3) is 0.136. The Bertz CT molecular complexity index is 908. The van der Waals surface area contributed by atoms with E-state index in [1.165, 1.54) is 11.8 Å². The number of carbonyl (C=O) groups is 1. The van der Waals surface area contributed by atoms with E-state index in [1.807, 2.05) is 54.6 Å². The van der Waals surface area contributed by atoms with E-state index in [4.69, 9.17) is 15.2 Å². The number of hydrogen-bond acceptors (Lipinski definition) is 5. The second-order valence-corrected chi connectivity index (χ2v) is 7.25. The van der Waals surface area contributed by atoms with Crippen molar-refractivity contribution < 1.29 is 14.3 Å². The molecule has 5 nitrogen and oxygen atoms in total. The monoisotopic (exact) mass is 394 g/mol. The van der Waals surface area contributed by atoms with Gasteiger partial charge >= 0.3 is 0 Å². The van der Waals surface area contributed by atoms with Crippen LogP contribution < -0.4 is 20.5 Å². The lowest BCUT2D eigenvalue weighted by Crippen LogP contribution is -2.19. The second-order valence-electron chi connectivity index (χ2n) is 6.07. The Balaban J connectivity index is 1.87. The molecular formula is C22H22N2O3S. The molecule has 3 N–H and O–H groups in total. The van der Waals surface area contributed by atoms with E-state index < -0.39 is 5.25 Å². The minimum Gasteiger partial charge on any atom is -0.497 e. The lowest BCUT2D eigenvalue weighted by Gasteiger charge is -2.18. The highest BCUT2D eigenvalue weighted by Crippen LogP contribution is 2.37. The van der Waals surface area contributed by atoms with E-state index >= 15 is 0 Å². The summed E-state index contributed by atoms with van der Waals surface area (Å²) in [5.74, 6) is 1.08. The van der Waals surface area contributed by atoms with Crippen LogP contribution in [0.1, 0.15) is 10.8 Å². The molecule has 0 saturated heterocycles. The predicted molar refractivity (Wildman–Crippen MR) is 114 cm³/mol. The number of ether oxygens (including phenoxy) is 2. The molecule has 144 valence electrons. The number of nitrogen functional groups attached to an aromatic ring is 1. The number of methoxy groups -OCH3 is 2. The number of carbonyl (C=O) groups excluding carboxylic acids is 1. The molecule has 0 aromatic heterocycles. The number of rotatable bonds is 7. The van der Waals surface area contributed by atoms with E-state index in [0.717, 1.165) is 10.5 Å². The first-order valence-corrected chi connectivity index (χ1v) is 9.58. The number of nitrogens with one attached hydrogen (secondary N) is 1. The van der Waals surface area contributed by atoms with Gasteiger partial charge in [-0.1, -0.05) is 30.3 Å². The van der Waals surface area contributed by atoms with Crippen molar-refractivity contribution in [3.8, 4) is 11.5 Å². The Morgan fingerprint density at radius 1 is 0.929 bits per heavy atom. The van der Waals surface area contributed by atoms with Gasteiger partial charge in [0.15, 0.2) is 0 Å². The van der Waals surface area contributed by atoms with Gasteiger partial charge in [-0.3, -0.25) is 4.79 Å². The molecule has 28 heavy (non-hydrogen) atoms. The molecule has 0 bridgehead atoms. The smallest absolute Gasteiger partial charge is 0.242 e. The van der Waals surface area contributed by atoms with Gasteiger partial charge in [0.05, 0.1) is 14.2 Å². The summed E-state index contributed by atoms with van der Waals surface area (Å²) in [6, 6.07) is 22.4. The molecule has 1 amide bonds. The van der Waals surface area contributed by atoms with E-state index in [1.54, 1.807) is 32.4 Å². The average molecular weight is 394 g/mol. The SMILES string of the molecule is COc1cc(NC(=O)C(Sc2ccc(N)cc2)c2ccccc2)cc(OC)c1. The summed E-state index contributed by atoms with van der Waals surface area (Å²) in [4.78, 5) is 14.1. The molecule has 1 unspecified atom stereocenters. The molecule has 0 spiro atoms. The number of anilines is 2. The van der Waals surface area contributed by atoms with Crippen LogP contribution in [0, 0.1) is 0 Å². The summed E-state index contributed by atoms with van der Waals surface area (Å²) < 4.78 is 10.6. The fourth-order valence-electron chi connectivity index (χ4n) is 2.67. The molecule has 3 aromatic carbocycles. The van der Waals surface area contributed by atoms with Crippen LogP contribution in [0.4, 0.5) is 11.4 Å². The van der Waals surface area contributed by atoms with Crippen molar-refractivity contribution in [2.45, 2.75) is 10.1 Å². The van der Waals surface area contributed by atoms with Crippen molar-refractivity contribution in [1.29, 1.82) is 0 Å². The van der Waals surface area contributed by atoms with Gasteiger partial charge in [0.2, 0.25) is 5.91 Å². The molecule has 0 aliphatic rings. The van der Waals surface area contributed by atoms with E-state index in [-0.39, 0.29) is 5.91 Å². The summed E-state index contributed by atoms with van der Waals surface area (Å²) in [6.07, 6.45) is 0. The zero-order valence-electron chi connectivity index (χ0n) is 15.7. The van der Waals surface area contributed by atoms with Gasteiger partial charge in [0.25, 0.3) is 0 Å². The van der Waals surface area contributed by atoms with Gasteiger partial charge in [-0.2, -0.15) is 0 Å². The zero-order valence-corrected chi connectivity index (χ0v) is 16.5. The first kappa shape index (κ1) is 19.6. The minimum absolute atomic E-state index is 0.136. The molecule has 0 heterocycles. The largest absolute Gasteiger partial charge is 0.497 e. The van der Waals surface area contributed by atoms with Gasteiger partial charge in [-0.15, -0.1) is 11.8 Å². The molecule has 0 radical (unpaired) electrons. The van der Waals surface area contributed by atoms with Gasteiger partial charge < -0.3 is 20.5 Å². The van der Waals surface area contributed by atoms with Crippen molar-refractivity contribution in [3.63, 3.8) is 0 Å². The van der Waals surface area contributed by atoms with Gasteiger partial charge in [-0.05, 0) is 29.8 Å². The molecule has 0 saturated carbocycles. The Kier molecular flexibility index (Phi) is 6.45. The number of nitrogens with two attached hydrogens (primary N) is 1. The van der Waals surface area contributed by atoms with Crippen molar-refractivity contribution in [2.75, 3.05) is 25.3 Å². The maximum Gasteiger partial charge on any atom is 0.242 e. The predicted octanol–water partition coefficient (Wildman–Crippen LogP) is 4.76. The summed E-state index contributed by atoms with van der Waals surface area (Å²) in [5.41, 5.74) is 7.99. The number of amides is 1. The molecular weight excluding hydrogens is 372 g/mol. The fourth-order valence-corrected chi connectivity index (χ4v) is 3.70. The molecule has 3 aromatic rings. The van der Waals surface area contributed by atoms with Crippen molar-refractivity contribution in [1.82, 2.24) is 0 Å². The van der Waals surface area contributed by atoms with E-state index in [0.29, 0.717) is 22.9 Å². The van der Waals surface area contributed by atoms with Crippen LogP contribution in [0.15, 0.2) is 77.7 Å². The maximum absolute atomic E-state index is 13.1. The van der Waals surface area contributed by atoms with Crippen LogP contribution in [-0.2, 0) is 4.79 Å². The van der Waals surface area contributed by atoms with Crippen molar-refractivity contribution in [2.24, 2.45) is 0 Å². The Hall–Kier alpha value is -3.12. The molecule has 0 fully saturated rings. The number of benzene rings is 3. The van der Waals surface area contributed by atoms with Crippen LogP contribution in [0.2, 0.25) is 0 Å². The van der Waals surface area contributed by atoms with Gasteiger partial charge in [0, 0.05) is 34.5 Å². The van der Waals surface area contributed by atoms with Crippen molar-refractivity contribution >= 4 is 29.0 Å². The highest BCUT2D eigenvalue weighted by molar-refractivity contribution is 8.00. The summed E-state index contributed by atoms with van der Waals surface area (Å²) in [6.45, 7) is 0. The number of thioether (sulfide) groups is 1. The van der Waals surface area contributed by atoms with Crippen LogP contribution in [0.5, 0.6) is 11.5 Å². The molecule has 3 rings (SSSR count). The summed E-state index contributed by atoms with van der Waals surface area (Å²) in [5, 5.41) is 2.55. The quantitative estimate of drug-likeness (QED) is 0.446. The van der Waals surface area contributed by atoms with Crippen LogP contribution >= 0.6 is 11.8 Å². The standard InChI is InChI=1S/C22H22N2O3S/c1-26-18-12-17(13-19(14-18)27-2)24-22(25)21(15-6-4-3-5-7-15)28-20-10-8-16(23)9-11-20/h3-14,21H,23H2,1-2H3,(H,24,25). The topological polar surface area (TPSA) is 73.6 Å². The maximum atomic E-state index is 13.1. The second kappa shape index (κ2) is 9.19. The highest BCUT2D eigenvalue weighted by atomic mass is 32.2. The van der Waals surface area contributed by atoms with E-state index in [9.17, 15) is 4.79 Å². The van der Waals surface area contributed by atoms with Crippen LogP contribution in [0.25, 0.3) is 0 Å². The summed E-state index contributed by atoms with van der Waals surface area (Å²) >= 11 is 1.47. The third-order valence-corrected chi connectivity index (χ3v) is 5.36.